The number of nitrogens with two attached hydrogens (primary N) is 1. The van der Waals surface area contributed by atoms with Crippen LogP contribution in [-0.2, 0) is 4.74 Å². The van der Waals surface area contributed by atoms with Crippen molar-refractivity contribution in [2.45, 2.75) is 13.1 Å². The summed E-state index contributed by atoms with van der Waals surface area (Å²) in [6.07, 6.45) is -4.27. The van der Waals surface area contributed by atoms with Crippen LogP contribution in [0.25, 0.3) is 0 Å². The summed E-state index contributed by atoms with van der Waals surface area (Å²) in [5.41, 5.74) is 6.31. The van der Waals surface area contributed by atoms with Gasteiger partial charge in [-0.2, -0.15) is 17.5 Å². The van der Waals surface area contributed by atoms with Gasteiger partial charge in [0.1, 0.15) is 17.4 Å². The molecule has 0 aliphatic carbocycles. The maximum atomic E-state index is 11.7. The molecular formula is C8H12F3N3OS. The van der Waals surface area contributed by atoms with Crippen molar-refractivity contribution in [2.75, 3.05) is 30.8 Å². The van der Waals surface area contributed by atoms with Gasteiger partial charge in [0.15, 0.2) is 0 Å². The molecule has 0 saturated heterocycles. The maximum Gasteiger partial charge on any atom is 0.411 e. The zero-order valence-corrected chi connectivity index (χ0v) is 9.41. The van der Waals surface area contributed by atoms with Crippen molar-refractivity contribution in [1.82, 2.24) is 4.37 Å². The second kappa shape index (κ2) is 5.35. The lowest BCUT2D eigenvalue weighted by Crippen LogP contribution is -2.20. The monoisotopic (exact) mass is 255 g/mol. The lowest BCUT2D eigenvalue weighted by Gasteiger charge is -2.08. The Bertz CT molecular complexity index is 340. The number of hydrogen-bond acceptors (Lipinski definition) is 5. The van der Waals surface area contributed by atoms with Crippen LogP contribution in [0.15, 0.2) is 0 Å². The first-order valence-electron chi connectivity index (χ1n) is 4.50. The van der Waals surface area contributed by atoms with E-state index in [1.165, 1.54) is 11.5 Å². The maximum absolute atomic E-state index is 11.7. The molecule has 0 fully saturated rings. The molecule has 0 radical (unpaired) electrons. The van der Waals surface area contributed by atoms with Crippen LogP contribution >= 0.6 is 11.5 Å². The summed E-state index contributed by atoms with van der Waals surface area (Å²) in [6, 6.07) is 0. The highest BCUT2D eigenvalue weighted by atomic mass is 32.1. The number of aromatic nitrogens is 1. The van der Waals surface area contributed by atoms with Crippen LogP contribution in [0.2, 0.25) is 0 Å². The predicted molar refractivity (Wildman–Crippen MR) is 56.6 cm³/mol. The molecule has 8 heteroatoms. The van der Waals surface area contributed by atoms with E-state index in [1.807, 2.05) is 0 Å². The van der Waals surface area contributed by atoms with Gasteiger partial charge >= 0.3 is 6.18 Å². The average molecular weight is 255 g/mol. The first-order valence-corrected chi connectivity index (χ1v) is 5.27. The van der Waals surface area contributed by atoms with Gasteiger partial charge in [0.2, 0.25) is 0 Å². The smallest absolute Gasteiger partial charge is 0.383 e. The summed E-state index contributed by atoms with van der Waals surface area (Å²) in [4.78, 5) is 0. The van der Waals surface area contributed by atoms with Crippen LogP contribution in [0.4, 0.5) is 24.0 Å². The minimum absolute atomic E-state index is 0.0171. The Hall–Kier alpha value is -1.02. The average Bonchev–Trinajstić information content (AvgIpc) is 2.47. The van der Waals surface area contributed by atoms with E-state index < -0.39 is 12.8 Å². The number of nitrogens with zero attached hydrogens (tertiary/aromatic N) is 1. The fourth-order valence-corrected chi connectivity index (χ4v) is 1.67. The van der Waals surface area contributed by atoms with Crippen LogP contribution in [0.1, 0.15) is 5.56 Å². The second-order valence-electron chi connectivity index (χ2n) is 3.12. The molecule has 1 rings (SSSR count). The fourth-order valence-electron chi connectivity index (χ4n) is 0.938. The summed E-state index contributed by atoms with van der Waals surface area (Å²) >= 11 is 1.18. The highest BCUT2D eigenvalue weighted by Gasteiger charge is 2.27. The van der Waals surface area contributed by atoms with Crippen molar-refractivity contribution in [3.8, 4) is 0 Å². The molecule has 3 N–H and O–H groups in total. The van der Waals surface area contributed by atoms with Gasteiger partial charge in [-0.15, -0.1) is 0 Å². The van der Waals surface area contributed by atoms with Crippen LogP contribution in [0, 0.1) is 6.92 Å². The number of nitrogens with one attached hydrogen (secondary N) is 1. The molecule has 0 amide bonds. The number of anilines is 2. The van der Waals surface area contributed by atoms with E-state index >= 15 is 0 Å². The van der Waals surface area contributed by atoms with E-state index in [0.717, 1.165) is 10.6 Å². The Morgan fingerprint density at radius 2 is 2.19 bits per heavy atom. The molecule has 1 aromatic heterocycles. The van der Waals surface area contributed by atoms with Crippen molar-refractivity contribution < 1.29 is 17.9 Å². The van der Waals surface area contributed by atoms with Crippen molar-refractivity contribution in [3.05, 3.63) is 5.56 Å². The molecule has 0 spiro atoms. The molecule has 1 heterocycles. The van der Waals surface area contributed by atoms with Gasteiger partial charge in [0, 0.05) is 12.1 Å². The standard InChI is InChI=1S/C8H12F3N3OS/c1-5-6(12)14-16-7(5)13-2-3-15-4-8(9,10)11/h13H,2-4H2,1H3,(H2,12,14). The Kier molecular flexibility index (Phi) is 4.36. The molecule has 0 bridgehead atoms. The predicted octanol–water partition coefficient (Wildman–Crippen LogP) is 2.02. The third-order valence-corrected chi connectivity index (χ3v) is 2.68. The van der Waals surface area contributed by atoms with E-state index in [2.05, 4.69) is 14.4 Å². The third kappa shape index (κ3) is 4.23. The van der Waals surface area contributed by atoms with E-state index in [4.69, 9.17) is 5.73 Å². The lowest BCUT2D eigenvalue weighted by atomic mass is 10.3. The zero-order chi connectivity index (χ0) is 12.2. The van der Waals surface area contributed by atoms with Crippen LogP contribution in [-0.4, -0.2) is 30.3 Å². The van der Waals surface area contributed by atoms with Crippen molar-refractivity contribution in [2.24, 2.45) is 0 Å². The SMILES string of the molecule is Cc1c(N)nsc1NCCOCC(F)(F)F. The van der Waals surface area contributed by atoms with Crippen molar-refractivity contribution in [1.29, 1.82) is 0 Å². The molecule has 16 heavy (non-hydrogen) atoms. The number of alkyl halides is 3. The topological polar surface area (TPSA) is 60.2 Å². The van der Waals surface area contributed by atoms with Gasteiger partial charge in [-0.05, 0) is 18.5 Å². The molecule has 0 aromatic carbocycles. The van der Waals surface area contributed by atoms with Gasteiger partial charge < -0.3 is 15.8 Å². The third-order valence-electron chi connectivity index (χ3n) is 1.76. The first kappa shape index (κ1) is 13.0. The minimum atomic E-state index is -4.27. The Morgan fingerprint density at radius 3 is 2.69 bits per heavy atom. The molecule has 0 aliphatic rings. The molecular weight excluding hydrogens is 243 g/mol. The summed E-state index contributed by atoms with van der Waals surface area (Å²) in [5, 5.41) is 3.66. The summed E-state index contributed by atoms with van der Waals surface area (Å²) in [5.74, 6) is 0.434. The Labute approximate surface area is 94.8 Å². The molecule has 4 nitrogen and oxygen atoms in total. The molecule has 92 valence electrons. The van der Waals surface area contributed by atoms with Gasteiger partial charge in [-0.3, -0.25) is 0 Å². The van der Waals surface area contributed by atoms with Gasteiger partial charge in [0.05, 0.1) is 6.61 Å². The zero-order valence-electron chi connectivity index (χ0n) is 8.60. The van der Waals surface area contributed by atoms with Crippen LogP contribution < -0.4 is 11.1 Å². The van der Waals surface area contributed by atoms with Gasteiger partial charge in [0.25, 0.3) is 0 Å². The Morgan fingerprint density at radius 1 is 1.50 bits per heavy atom. The van der Waals surface area contributed by atoms with E-state index in [1.54, 1.807) is 6.92 Å². The second-order valence-corrected chi connectivity index (χ2v) is 3.89. The molecule has 0 saturated carbocycles. The number of nitrogen functional groups attached to an aromatic ring is 1. The fraction of sp³-hybridized carbons (Fsp3) is 0.625. The van der Waals surface area contributed by atoms with Crippen molar-refractivity contribution >= 4 is 22.4 Å². The molecule has 0 unspecified atom stereocenters. The van der Waals surface area contributed by atoms with Gasteiger partial charge in [-0.25, -0.2) is 0 Å². The van der Waals surface area contributed by atoms with Gasteiger partial charge in [-0.1, -0.05) is 0 Å². The van der Waals surface area contributed by atoms with Crippen molar-refractivity contribution in [3.63, 3.8) is 0 Å². The van der Waals surface area contributed by atoms with E-state index in [9.17, 15) is 13.2 Å². The summed E-state index contributed by atoms with van der Waals surface area (Å²) < 4.78 is 43.4. The van der Waals surface area contributed by atoms with Crippen LogP contribution in [0.3, 0.4) is 0 Å². The number of halogens is 3. The highest BCUT2D eigenvalue weighted by molar-refractivity contribution is 7.10. The largest absolute Gasteiger partial charge is 0.411 e. The number of hydrogen-bond donors (Lipinski definition) is 2. The summed E-state index contributed by atoms with van der Waals surface area (Å²) in [7, 11) is 0. The summed E-state index contributed by atoms with van der Waals surface area (Å²) in [6.45, 7) is 0.839. The molecule has 0 aliphatic heterocycles. The number of rotatable bonds is 5. The minimum Gasteiger partial charge on any atom is -0.383 e. The Balaban J connectivity index is 2.19. The highest BCUT2D eigenvalue weighted by Crippen LogP contribution is 2.24. The molecule has 0 atom stereocenters. The number of ether oxygens (including phenoxy) is 1. The normalized spacial score (nSPS) is 11.8. The quantitative estimate of drug-likeness (QED) is 0.790. The van der Waals surface area contributed by atoms with E-state index in [0.29, 0.717) is 12.4 Å². The van der Waals surface area contributed by atoms with E-state index in [-0.39, 0.29) is 6.61 Å². The molecule has 1 aromatic rings. The first-order chi connectivity index (χ1) is 7.40. The lowest BCUT2D eigenvalue weighted by molar-refractivity contribution is -0.172. The van der Waals surface area contributed by atoms with Crippen LogP contribution in [0.5, 0.6) is 0 Å².